The van der Waals surface area contributed by atoms with Crippen molar-refractivity contribution < 1.29 is 34.3 Å². The highest BCUT2D eigenvalue weighted by Crippen LogP contribution is 2.50. The summed E-state index contributed by atoms with van der Waals surface area (Å²) in [4.78, 5) is 0. The fourth-order valence-electron chi connectivity index (χ4n) is 2.73. The van der Waals surface area contributed by atoms with Gasteiger partial charge in [0.25, 0.3) is 0 Å². The number of hydrogen-bond acceptors (Lipinski definition) is 7. The van der Waals surface area contributed by atoms with Crippen LogP contribution in [-0.2, 0) is 4.74 Å². The van der Waals surface area contributed by atoms with Crippen LogP contribution in [-0.4, -0.2) is 55.0 Å². The van der Waals surface area contributed by atoms with Crippen LogP contribution in [0.2, 0.25) is 0 Å². The molecule has 2 rings (SSSR count). The number of aliphatic hydroxyl groups excluding tert-OH is 2. The molecule has 0 spiro atoms. The average molecular weight is 314 g/mol. The topological polar surface area (TPSA) is 97.6 Å². The Bertz CT molecular complexity index is 519. The highest BCUT2D eigenvalue weighted by atomic mass is 16.5. The van der Waals surface area contributed by atoms with Gasteiger partial charge in [0.15, 0.2) is 11.5 Å². The summed E-state index contributed by atoms with van der Waals surface area (Å²) in [5.74, 6) is 0.843. The molecule has 3 N–H and O–H groups in total. The van der Waals surface area contributed by atoms with Crippen LogP contribution in [0.1, 0.15) is 25.0 Å². The van der Waals surface area contributed by atoms with E-state index in [1.165, 1.54) is 27.4 Å². The molecule has 0 aliphatic carbocycles. The molecule has 1 aliphatic rings. The first kappa shape index (κ1) is 16.7. The van der Waals surface area contributed by atoms with Gasteiger partial charge in [-0.2, -0.15) is 0 Å². The maximum absolute atomic E-state index is 10.3. The predicted octanol–water partition coefficient (Wildman–Crippen LogP) is 0.990. The van der Waals surface area contributed by atoms with Crippen molar-refractivity contribution in [1.82, 2.24) is 0 Å². The second-order valence-corrected chi connectivity index (χ2v) is 5.20. The minimum Gasteiger partial charge on any atom is -0.507 e. The van der Waals surface area contributed by atoms with E-state index in [4.69, 9.17) is 18.9 Å². The maximum atomic E-state index is 10.3. The third-order valence-corrected chi connectivity index (χ3v) is 3.88. The van der Waals surface area contributed by atoms with Crippen molar-refractivity contribution in [3.8, 4) is 23.0 Å². The lowest BCUT2D eigenvalue weighted by Crippen LogP contribution is -2.44. The standard InChI is InChI=1S/C15H22O7/c1-7-13(18)9(17)6-10(22-7)12-8(16)5-11(19-2)14(20-3)15(12)21-4/h5,7,9-10,13,16-18H,6H2,1-4H3/t7-,9+,10-,13-/m1/s1. The largest absolute Gasteiger partial charge is 0.507 e. The van der Waals surface area contributed by atoms with E-state index in [0.29, 0.717) is 17.1 Å². The summed E-state index contributed by atoms with van der Waals surface area (Å²) in [6, 6.07) is 1.40. The van der Waals surface area contributed by atoms with E-state index in [2.05, 4.69) is 0 Å². The minimum atomic E-state index is -0.968. The molecule has 1 fully saturated rings. The normalized spacial score (nSPS) is 28.3. The van der Waals surface area contributed by atoms with Crippen molar-refractivity contribution in [3.05, 3.63) is 11.6 Å². The molecule has 1 heterocycles. The molecule has 1 aliphatic heterocycles. The lowest BCUT2D eigenvalue weighted by molar-refractivity contribution is -0.164. The molecule has 0 amide bonds. The van der Waals surface area contributed by atoms with E-state index in [0.717, 1.165) is 0 Å². The van der Waals surface area contributed by atoms with Crippen LogP contribution in [0.25, 0.3) is 0 Å². The number of rotatable bonds is 4. The van der Waals surface area contributed by atoms with E-state index >= 15 is 0 Å². The lowest BCUT2D eigenvalue weighted by Gasteiger charge is -2.36. The highest BCUT2D eigenvalue weighted by molar-refractivity contribution is 5.62. The molecule has 0 unspecified atom stereocenters. The van der Waals surface area contributed by atoms with Gasteiger partial charge in [-0.15, -0.1) is 0 Å². The van der Waals surface area contributed by atoms with Gasteiger partial charge in [0, 0.05) is 12.5 Å². The average Bonchev–Trinajstić information content (AvgIpc) is 2.50. The van der Waals surface area contributed by atoms with Gasteiger partial charge in [-0.25, -0.2) is 0 Å². The van der Waals surface area contributed by atoms with E-state index in [-0.39, 0.29) is 17.9 Å². The molecule has 124 valence electrons. The van der Waals surface area contributed by atoms with Crippen LogP contribution in [0.3, 0.4) is 0 Å². The first-order chi connectivity index (χ1) is 10.4. The van der Waals surface area contributed by atoms with E-state index in [1.54, 1.807) is 6.92 Å². The Morgan fingerprint density at radius 1 is 1.09 bits per heavy atom. The second kappa shape index (κ2) is 6.60. The highest BCUT2D eigenvalue weighted by Gasteiger charge is 2.38. The number of benzene rings is 1. The van der Waals surface area contributed by atoms with Gasteiger partial charge in [-0.05, 0) is 6.92 Å². The van der Waals surface area contributed by atoms with Crippen molar-refractivity contribution in [2.45, 2.75) is 37.8 Å². The fourth-order valence-corrected chi connectivity index (χ4v) is 2.73. The molecule has 0 aromatic heterocycles. The van der Waals surface area contributed by atoms with Crippen LogP contribution in [0, 0.1) is 0 Å². The van der Waals surface area contributed by atoms with Gasteiger partial charge >= 0.3 is 0 Å². The lowest BCUT2D eigenvalue weighted by atomic mass is 9.93. The molecule has 7 nitrogen and oxygen atoms in total. The zero-order chi connectivity index (χ0) is 16.4. The molecule has 7 heteroatoms. The second-order valence-electron chi connectivity index (χ2n) is 5.20. The van der Waals surface area contributed by atoms with Gasteiger partial charge < -0.3 is 34.3 Å². The Hall–Kier alpha value is -1.70. The number of aliphatic hydroxyl groups is 2. The fraction of sp³-hybridized carbons (Fsp3) is 0.600. The Labute approximate surface area is 129 Å². The summed E-state index contributed by atoms with van der Waals surface area (Å²) in [6.45, 7) is 1.66. The number of phenols is 1. The molecule has 0 radical (unpaired) electrons. The number of methoxy groups -OCH3 is 3. The van der Waals surface area contributed by atoms with E-state index < -0.39 is 24.4 Å². The first-order valence-electron chi connectivity index (χ1n) is 6.98. The summed E-state index contributed by atoms with van der Waals surface area (Å²) in [5, 5.41) is 30.0. The quantitative estimate of drug-likeness (QED) is 0.762. The van der Waals surface area contributed by atoms with E-state index in [9.17, 15) is 15.3 Å². The molecule has 0 bridgehead atoms. The molecular weight excluding hydrogens is 292 g/mol. The van der Waals surface area contributed by atoms with Gasteiger partial charge in [-0.3, -0.25) is 0 Å². The van der Waals surface area contributed by atoms with Gasteiger partial charge in [0.05, 0.1) is 45.2 Å². The third kappa shape index (κ3) is 2.79. The number of aromatic hydroxyl groups is 1. The summed E-state index contributed by atoms with van der Waals surface area (Å²) in [6.07, 6.45) is -3.00. The predicted molar refractivity (Wildman–Crippen MR) is 77.7 cm³/mol. The molecule has 4 atom stereocenters. The van der Waals surface area contributed by atoms with Crippen LogP contribution in [0.4, 0.5) is 0 Å². The zero-order valence-corrected chi connectivity index (χ0v) is 13.1. The van der Waals surface area contributed by atoms with Crippen molar-refractivity contribution >= 4 is 0 Å². The summed E-state index contributed by atoms with van der Waals surface area (Å²) < 4.78 is 21.5. The smallest absolute Gasteiger partial charge is 0.203 e. The van der Waals surface area contributed by atoms with Crippen molar-refractivity contribution in [2.24, 2.45) is 0 Å². The molecule has 1 aromatic carbocycles. The first-order valence-corrected chi connectivity index (χ1v) is 6.98. The molecular formula is C15H22O7. The molecule has 1 saturated heterocycles. The summed E-state index contributed by atoms with van der Waals surface area (Å²) in [5.41, 5.74) is 0.359. The SMILES string of the molecule is COc1cc(O)c([C@H]2C[C@H](O)[C@H](O)[C@@H](C)O2)c(OC)c1OC. The summed E-state index contributed by atoms with van der Waals surface area (Å²) >= 11 is 0. The number of ether oxygens (including phenoxy) is 4. The minimum absolute atomic E-state index is 0.0877. The summed E-state index contributed by atoms with van der Waals surface area (Å²) in [7, 11) is 4.36. The Balaban J connectivity index is 2.50. The molecule has 0 saturated carbocycles. The van der Waals surface area contributed by atoms with Gasteiger partial charge in [-0.1, -0.05) is 0 Å². The van der Waals surface area contributed by atoms with Crippen LogP contribution < -0.4 is 14.2 Å². The van der Waals surface area contributed by atoms with Crippen LogP contribution >= 0.6 is 0 Å². The number of phenolic OH excluding ortho intramolecular Hbond substituents is 1. The number of hydrogen-bond donors (Lipinski definition) is 3. The molecule has 22 heavy (non-hydrogen) atoms. The zero-order valence-electron chi connectivity index (χ0n) is 13.1. The third-order valence-electron chi connectivity index (χ3n) is 3.88. The van der Waals surface area contributed by atoms with Gasteiger partial charge in [0.2, 0.25) is 5.75 Å². The molecule has 1 aromatic rings. The van der Waals surface area contributed by atoms with Crippen LogP contribution in [0.15, 0.2) is 6.07 Å². The van der Waals surface area contributed by atoms with Crippen molar-refractivity contribution in [3.63, 3.8) is 0 Å². The Kier molecular flexibility index (Phi) is 5.00. The van der Waals surface area contributed by atoms with Crippen LogP contribution in [0.5, 0.6) is 23.0 Å². The Morgan fingerprint density at radius 2 is 1.73 bits per heavy atom. The monoisotopic (exact) mass is 314 g/mol. The van der Waals surface area contributed by atoms with Crippen molar-refractivity contribution in [1.29, 1.82) is 0 Å². The van der Waals surface area contributed by atoms with E-state index in [1.807, 2.05) is 0 Å². The van der Waals surface area contributed by atoms with Gasteiger partial charge in [0.1, 0.15) is 11.9 Å². The van der Waals surface area contributed by atoms with Crippen molar-refractivity contribution in [2.75, 3.05) is 21.3 Å². The Morgan fingerprint density at radius 3 is 2.23 bits per heavy atom. The maximum Gasteiger partial charge on any atom is 0.203 e.